The molecule has 2 amide bonds. The van der Waals surface area contributed by atoms with Crippen LogP contribution in [0.5, 0.6) is 5.75 Å². The van der Waals surface area contributed by atoms with Crippen LogP contribution in [-0.4, -0.2) is 24.2 Å². The van der Waals surface area contributed by atoms with Crippen LogP contribution in [0.15, 0.2) is 91.0 Å². The molecular formula is C31H25NO4. The molecular weight excluding hydrogens is 450 g/mol. The molecule has 0 spiro atoms. The number of hydrogen-bond acceptors (Lipinski definition) is 4. The molecule has 0 unspecified atom stereocenters. The number of carbonyl (C=O) groups excluding carboxylic acids is 3. The number of anilines is 1. The predicted molar refractivity (Wildman–Crippen MR) is 135 cm³/mol. The van der Waals surface area contributed by atoms with E-state index in [0.717, 1.165) is 17.5 Å². The number of allylic oxidation sites excluding steroid dienone is 2. The molecule has 2 bridgehead atoms. The average molecular weight is 476 g/mol. The molecule has 5 heteroatoms. The zero-order valence-electron chi connectivity index (χ0n) is 19.6. The second-order valence-corrected chi connectivity index (χ2v) is 10.3. The minimum Gasteiger partial charge on any atom is -0.485 e. The Hall–Kier alpha value is -3.99. The SMILES string of the molecule is O=C(COc1cccc(N2C(=O)[C@H]3[C@@H]4C=C[C@H]([C@H]5C[C@H]45)[C@@H]3C2=O)c1)c1ccc(-c2ccccc2)cc1. The third-order valence-electron chi connectivity index (χ3n) is 8.42. The first-order valence-electron chi connectivity index (χ1n) is 12.6. The number of imide groups is 1. The van der Waals surface area contributed by atoms with Crippen LogP contribution in [0.3, 0.4) is 0 Å². The van der Waals surface area contributed by atoms with E-state index in [-0.39, 0.29) is 47.9 Å². The monoisotopic (exact) mass is 475 g/mol. The van der Waals surface area contributed by atoms with Gasteiger partial charge in [-0.3, -0.25) is 14.4 Å². The van der Waals surface area contributed by atoms with Gasteiger partial charge >= 0.3 is 0 Å². The number of hydrogen-bond donors (Lipinski definition) is 0. The maximum Gasteiger partial charge on any atom is 0.238 e. The smallest absolute Gasteiger partial charge is 0.238 e. The van der Waals surface area contributed by atoms with Crippen molar-refractivity contribution >= 4 is 23.3 Å². The molecule has 0 aromatic heterocycles. The molecule has 1 saturated heterocycles. The summed E-state index contributed by atoms with van der Waals surface area (Å²) in [5.41, 5.74) is 3.23. The lowest BCUT2D eigenvalue weighted by Crippen LogP contribution is -2.40. The number of ketones is 1. The molecule has 5 aliphatic rings. The highest BCUT2D eigenvalue weighted by Crippen LogP contribution is 2.65. The topological polar surface area (TPSA) is 63.7 Å². The van der Waals surface area contributed by atoms with Crippen LogP contribution in [0.4, 0.5) is 5.69 Å². The van der Waals surface area contributed by atoms with Gasteiger partial charge in [0.2, 0.25) is 11.8 Å². The number of nitrogens with zero attached hydrogens (tertiary/aromatic N) is 1. The van der Waals surface area contributed by atoms with Crippen LogP contribution in [0, 0.1) is 35.5 Å². The van der Waals surface area contributed by atoms with Crippen LogP contribution >= 0.6 is 0 Å². The summed E-state index contributed by atoms with van der Waals surface area (Å²) in [6, 6.07) is 24.4. The van der Waals surface area contributed by atoms with Gasteiger partial charge in [-0.25, -0.2) is 4.90 Å². The van der Waals surface area contributed by atoms with Crippen LogP contribution in [0.25, 0.3) is 11.1 Å². The lowest BCUT2D eigenvalue weighted by atomic mass is 9.63. The van der Waals surface area contributed by atoms with Crippen molar-refractivity contribution in [2.75, 3.05) is 11.5 Å². The average Bonchev–Trinajstić information content (AvgIpc) is 3.71. The first-order valence-corrected chi connectivity index (χ1v) is 12.6. The Morgan fingerprint density at radius 2 is 1.42 bits per heavy atom. The van der Waals surface area contributed by atoms with E-state index in [0.29, 0.717) is 28.8 Å². The molecule has 1 heterocycles. The lowest BCUT2D eigenvalue weighted by Gasteiger charge is -2.37. The third-order valence-corrected chi connectivity index (χ3v) is 8.42. The fraction of sp³-hybridized carbons (Fsp3) is 0.258. The van der Waals surface area contributed by atoms with Gasteiger partial charge in [0, 0.05) is 11.6 Å². The summed E-state index contributed by atoms with van der Waals surface area (Å²) in [6.45, 7) is -0.126. The van der Waals surface area contributed by atoms with Crippen molar-refractivity contribution in [3.63, 3.8) is 0 Å². The standard InChI is InChI=1S/C31H25NO4/c33-27(20-11-9-19(10-12-20)18-5-2-1-3-6-18)17-36-22-8-4-7-21(15-22)32-30(34)28-23-13-14-24(26-16-25(23)26)29(28)31(32)35/h1-15,23-26,28-29H,16-17H2/t23-,24-,25-,26-,28+,29+/m1/s1. The summed E-state index contributed by atoms with van der Waals surface area (Å²) < 4.78 is 5.79. The van der Waals surface area contributed by atoms with E-state index in [4.69, 9.17) is 4.74 Å². The van der Waals surface area contributed by atoms with E-state index in [1.165, 1.54) is 4.90 Å². The molecule has 3 fully saturated rings. The fourth-order valence-electron chi connectivity index (χ4n) is 6.64. The summed E-state index contributed by atoms with van der Waals surface area (Å²) in [5.74, 6) is 1.18. The number of carbonyl (C=O) groups is 3. The van der Waals surface area contributed by atoms with Gasteiger partial charge in [-0.05, 0) is 53.4 Å². The van der Waals surface area contributed by atoms with Crippen LogP contribution in [0.1, 0.15) is 16.8 Å². The van der Waals surface area contributed by atoms with E-state index in [2.05, 4.69) is 12.2 Å². The molecule has 3 aromatic carbocycles. The summed E-state index contributed by atoms with van der Waals surface area (Å²) in [4.78, 5) is 40.8. The van der Waals surface area contributed by atoms with Gasteiger partial charge in [0.1, 0.15) is 5.75 Å². The summed E-state index contributed by atoms with van der Waals surface area (Å²) in [7, 11) is 0. The Morgan fingerprint density at radius 1 is 0.778 bits per heavy atom. The van der Waals surface area contributed by atoms with Gasteiger partial charge in [-0.1, -0.05) is 72.8 Å². The number of ether oxygens (including phenoxy) is 1. The largest absolute Gasteiger partial charge is 0.485 e. The molecule has 1 aliphatic heterocycles. The highest BCUT2D eigenvalue weighted by molar-refractivity contribution is 6.22. The second-order valence-electron chi connectivity index (χ2n) is 10.3. The fourth-order valence-corrected chi connectivity index (χ4v) is 6.64. The van der Waals surface area contributed by atoms with E-state index in [9.17, 15) is 14.4 Å². The Morgan fingerprint density at radius 3 is 2.08 bits per heavy atom. The zero-order chi connectivity index (χ0) is 24.4. The van der Waals surface area contributed by atoms with Crippen molar-refractivity contribution in [2.24, 2.45) is 35.5 Å². The zero-order valence-corrected chi connectivity index (χ0v) is 19.6. The molecule has 178 valence electrons. The van der Waals surface area contributed by atoms with Gasteiger partial charge in [0.25, 0.3) is 0 Å². The second kappa shape index (κ2) is 8.02. The van der Waals surface area contributed by atoms with Crippen molar-refractivity contribution in [3.8, 4) is 16.9 Å². The van der Waals surface area contributed by atoms with Gasteiger partial charge in [0.15, 0.2) is 12.4 Å². The van der Waals surface area contributed by atoms with Gasteiger partial charge in [0.05, 0.1) is 17.5 Å². The highest BCUT2D eigenvalue weighted by Gasteiger charge is 2.67. The molecule has 8 rings (SSSR count). The highest BCUT2D eigenvalue weighted by atomic mass is 16.5. The first kappa shape index (κ1) is 21.3. The maximum atomic E-state index is 13.4. The number of benzene rings is 3. The Balaban J connectivity index is 1.05. The van der Waals surface area contributed by atoms with Crippen molar-refractivity contribution in [1.29, 1.82) is 0 Å². The quantitative estimate of drug-likeness (QED) is 0.280. The molecule has 2 saturated carbocycles. The lowest BCUT2D eigenvalue weighted by molar-refractivity contribution is -0.124. The summed E-state index contributed by atoms with van der Waals surface area (Å²) in [6.07, 6.45) is 5.49. The Bertz CT molecular complexity index is 1370. The van der Waals surface area contributed by atoms with Crippen molar-refractivity contribution in [2.45, 2.75) is 6.42 Å². The molecule has 3 aromatic rings. The maximum absolute atomic E-state index is 13.4. The molecule has 5 nitrogen and oxygen atoms in total. The molecule has 36 heavy (non-hydrogen) atoms. The van der Waals surface area contributed by atoms with E-state index in [1.807, 2.05) is 42.5 Å². The van der Waals surface area contributed by atoms with Gasteiger partial charge in [-0.15, -0.1) is 0 Å². The minimum atomic E-state index is -0.235. The third kappa shape index (κ3) is 3.26. The molecule has 0 radical (unpaired) electrons. The van der Waals surface area contributed by atoms with Gasteiger partial charge in [-0.2, -0.15) is 0 Å². The van der Waals surface area contributed by atoms with E-state index in [1.54, 1.807) is 36.4 Å². The molecule has 4 aliphatic carbocycles. The predicted octanol–water partition coefficient (Wildman–Crippen LogP) is 5.17. The van der Waals surface area contributed by atoms with Crippen molar-refractivity contribution in [3.05, 3.63) is 96.6 Å². The Kier molecular flexibility index (Phi) is 4.75. The van der Waals surface area contributed by atoms with E-state index < -0.39 is 0 Å². The summed E-state index contributed by atoms with van der Waals surface area (Å²) >= 11 is 0. The van der Waals surface area contributed by atoms with Crippen LogP contribution in [-0.2, 0) is 9.59 Å². The van der Waals surface area contributed by atoms with Crippen molar-refractivity contribution < 1.29 is 19.1 Å². The minimum absolute atomic E-state index is 0.0959. The first-order chi connectivity index (χ1) is 17.6. The van der Waals surface area contributed by atoms with E-state index >= 15 is 0 Å². The van der Waals surface area contributed by atoms with Crippen LogP contribution < -0.4 is 9.64 Å². The Labute approximate surface area is 209 Å². The molecule has 0 N–H and O–H groups in total. The van der Waals surface area contributed by atoms with Gasteiger partial charge < -0.3 is 4.74 Å². The van der Waals surface area contributed by atoms with Crippen LogP contribution in [0.2, 0.25) is 0 Å². The number of Topliss-reactive ketones (excluding diaryl/α,β-unsaturated/α-hetero) is 1. The number of rotatable bonds is 6. The van der Waals surface area contributed by atoms with Crippen molar-refractivity contribution in [1.82, 2.24) is 0 Å². The normalized spacial score (nSPS) is 29.2. The number of amides is 2. The molecule has 6 atom stereocenters. The summed E-state index contributed by atoms with van der Waals surface area (Å²) in [5, 5.41) is 0.